The van der Waals surface area contributed by atoms with Crippen molar-refractivity contribution in [3.63, 3.8) is 0 Å². The van der Waals surface area contributed by atoms with Gasteiger partial charge in [0.1, 0.15) is 11.0 Å². The van der Waals surface area contributed by atoms with Crippen LogP contribution in [0.25, 0.3) is 0 Å². The quantitative estimate of drug-likeness (QED) is 0.508. The molecule has 10 heavy (non-hydrogen) atoms. The molecule has 3 heteroatoms. The summed E-state index contributed by atoms with van der Waals surface area (Å²) in [7, 11) is -1.18. The number of nitrogens with zero attached hydrogens (tertiary/aromatic N) is 1. The molecule has 0 saturated heterocycles. The number of rotatable bonds is 0. The molecule has 1 aromatic carbocycles. The Balaban J connectivity index is 2.70. The maximum Gasteiger partial charge on any atom is 0.101 e. The Morgan fingerprint density at radius 2 is 2.20 bits per heavy atom. The van der Waals surface area contributed by atoms with Crippen LogP contribution in [0.3, 0.4) is 0 Å². The molecule has 1 aliphatic heterocycles. The first-order chi connectivity index (χ1) is 4.88. The van der Waals surface area contributed by atoms with Crippen molar-refractivity contribution in [2.75, 3.05) is 0 Å². The van der Waals surface area contributed by atoms with E-state index in [9.17, 15) is 4.21 Å². The van der Waals surface area contributed by atoms with Gasteiger partial charge in [-0.2, -0.15) is 11.6 Å². The summed E-state index contributed by atoms with van der Waals surface area (Å²) >= 11 is 0. The van der Waals surface area contributed by atoms with Crippen LogP contribution < -0.4 is 0 Å². The summed E-state index contributed by atoms with van der Waals surface area (Å²) in [5.74, 6) is 0. The average molecular weight is 150 g/mol. The molecule has 0 radical (unpaired) electrons. The monoisotopic (exact) mass is 150 g/mol. The summed E-state index contributed by atoms with van der Waals surface area (Å²) < 4.78 is 14.6. The van der Waals surface area contributed by atoms with Crippen LogP contribution in [-0.4, -0.2) is 10.4 Å². The third-order valence-electron chi connectivity index (χ3n) is 1.32. The van der Waals surface area contributed by atoms with E-state index in [1.165, 1.54) is 0 Å². The highest BCUT2D eigenvalue weighted by atomic mass is 32.2. The van der Waals surface area contributed by atoms with Crippen LogP contribution in [-0.2, 0) is 11.0 Å². The lowest BCUT2D eigenvalue weighted by molar-refractivity contribution is 0.685. The van der Waals surface area contributed by atoms with Gasteiger partial charge >= 0.3 is 0 Å². The molecule has 1 heterocycles. The van der Waals surface area contributed by atoms with Gasteiger partial charge in [0.05, 0.1) is 0 Å². The van der Waals surface area contributed by atoms with Gasteiger partial charge < -0.3 is 0 Å². The second kappa shape index (κ2) is 2.02. The van der Waals surface area contributed by atoms with Crippen molar-refractivity contribution >= 4 is 17.2 Å². The SMILES string of the molecule is O=S1N=[C-]c2ccccc21. The zero-order chi connectivity index (χ0) is 6.97. The first-order valence-electron chi connectivity index (χ1n) is 2.85. The van der Waals surface area contributed by atoms with Crippen molar-refractivity contribution in [2.24, 2.45) is 4.40 Å². The standard InChI is InChI=1S/C7H4NOS/c9-10-7-4-2-1-3-6(7)5-8-10/h1-4H/q-1. The molecule has 2 nitrogen and oxygen atoms in total. The normalized spacial score (nSPS) is 21.0. The van der Waals surface area contributed by atoms with Gasteiger partial charge in [-0.3, -0.25) is 4.40 Å². The third kappa shape index (κ3) is 0.708. The molecule has 2 rings (SSSR count). The van der Waals surface area contributed by atoms with E-state index in [1.54, 1.807) is 6.07 Å². The Morgan fingerprint density at radius 1 is 1.40 bits per heavy atom. The van der Waals surface area contributed by atoms with Crippen molar-refractivity contribution in [3.8, 4) is 0 Å². The maximum absolute atomic E-state index is 10.9. The molecule has 0 N–H and O–H groups in total. The van der Waals surface area contributed by atoms with Gasteiger partial charge in [0, 0.05) is 0 Å². The Kier molecular flexibility index (Phi) is 1.17. The van der Waals surface area contributed by atoms with Gasteiger partial charge in [-0.05, 0) is 4.90 Å². The van der Waals surface area contributed by atoms with Crippen LogP contribution in [0.15, 0.2) is 33.6 Å². The number of hydrogen-bond acceptors (Lipinski definition) is 1. The van der Waals surface area contributed by atoms with Crippen LogP contribution in [0.2, 0.25) is 0 Å². The zero-order valence-electron chi connectivity index (χ0n) is 5.07. The molecule has 1 aliphatic rings. The maximum atomic E-state index is 10.9. The Bertz CT molecular complexity index is 319. The lowest BCUT2D eigenvalue weighted by atomic mass is 10.2. The molecule has 0 spiro atoms. The minimum absolute atomic E-state index is 0.766. The first kappa shape index (κ1) is 5.80. The summed E-state index contributed by atoms with van der Waals surface area (Å²) in [6.45, 7) is 0. The highest BCUT2D eigenvalue weighted by Gasteiger charge is 2.01. The Hall–Kier alpha value is -0.960. The molecule has 0 aromatic heterocycles. The molecule has 50 valence electrons. The van der Waals surface area contributed by atoms with Crippen LogP contribution >= 0.6 is 0 Å². The number of fused-ring (bicyclic) bond motifs is 1. The number of hydrogen-bond donors (Lipinski definition) is 0. The van der Waals surface area contributed by atoms with Crippen molar-refractivity contribution < 1.29 is 4.21 Å². The Labute approximate surface area is 61.2 Å². The van der Waals surface area contributed by atoms with E-state index in [1.807, 2.05) is 18.2 Å². The summed E-state index contributed by atoms with van der Waals surface area (Å²) in [5.41, 5.74) is 0.848. The molecule has 0 fully saturated rings. The highest BCUT2D eigenvalue weighted by molar-refractivity contribution is 7.84. The minimum atomic E-state index is -1.18. The van der Waals surface area contributed by atoms with E-state index in [4.69, 9.17) is 0 Å². The van der Waals surface area contributed by atoms with Crippen LogP contribution in [0.1, 0.15) is 5.56 Å². The molecular formula is C7H4NOS-. The molecule has 1 unspecified atom stereocenters. The van der Waals surface area contributed by atoms with Gasteiger partial charge in [-0.25, -0.2) is 4.21 Å². The summed E-state index contributed by atoms with van der Waals surface area (Å²) in [4.78, 5) is 0.766. The second-order valence-corrected chi connectivity index (χ2v) is 3.07. The molecule has 1 aromatic rings. The predicted octanol–water partition coefficient (Wildman–Crippen LogP) is 1.02. The van der Waals surface area contributed by atoms with E-state index in [0.29, 0.717) is 0 Å². The van der Waals surface area contributed by atoms with Crippen molar-refractivity contribution in [2.45, 2.75) is 4.90 Å². The van der Waals surface area contributed by atoms with Gasteiger partial charge in [0.15, 0.2) is 0 Å². The zero-order valence-corrected chi connectivity index (χ0v) is 5.89. The van der Waals surface area contributed by atoms with Crippen LogP contribution in [0.4, 0.5) is 0 Å². The fourth-order valence-corrected chi connectivity index (χ4v) is 1.63. The second-order valence-electron chi connectivity index (χ2n) is 1.95. The van der Waals surface area contributed by atoms with Gasteiger partial charge in [-0.1, -0.05) is 12.3 Å². The molecule has 0 bridgehead atoms. The predicted molar refractivity (Wildman–Crippen MR) is 39.4 cm³/mol. The summed E-state index contributed by atoms with van der Waals surface area (Å²) in [5, 5.41) is 0. The van der Waals surface area contributed by atoms with Crippen molar-refractivity contribution in [1.29, 1.82) is 0 Å². The average Bonchev–Trinajstić information content (AvgIpc) is 2.34. The minimum Gasteiger partial charge on any atom is -0.272 e. The lowest BCUT2D eigenvalue weighted by Crippen LogP contribution is -1.82. The van der Waals surface area contributed by atoms with Crippen LogP contribution in [0.5, 0.6) is 0 Å². The van der Waals surface area contributed by atoms with Gasteiger partial charge in [0.25, 0.3) is 0 Å². The molecular weight excluding hydrogens is 146 g/mol. The first-order valence-corrected chi connectivity index (χ1v) is 3.96. The third-order valence-corrected chi connectivity index (χ3v) is 2.31. The summed E-state index contributed by atoms with van der Waals surface area (Å²) in [6, 6.07) is 7.38. The van der Waals surface area contributed by atoms with E-state index in [-0.39, 0.29) is 0 Å². The number of benzene rings is 1. The highest BCUT2D eigenvalue weighted by Crippen LogP contribution is 2.17. The van der Waals surface area contributed by atoms with Gasteiger partial charge in [-0.15, -0.1) is 12.1 Å². The molecule has 0 amide bonds. The summed E-state index contributed by atoms with van der Waals surface area (Å²) in [6.07, 6.45) is 2.67. The van der Waals surface area contributed by atoms with E-state index in [0.717, 1.165) is 10.5 Å². The van der Waals surface area contributed by atoms with E-state index < -0.39 is 11.0 Å². The van der Waals surface area contributed by atoms with E-state index in [2.05, 4.69) is 10.6 Å². The van der Waals surface area contributed by atoms with Crippen molar-refractivity contribution in [3.05, 3.63) is 29.8 Å². The van der Waals surface area contributed by atoms with Crippen molar-refractivity contribution in [1.82, 2.24) is 0 Å². The fraction of sp³-hybridized carbons (Fsp3) is 0. The topological polar surface area (TPSA) is 29.4 Å². The molecule has 0 aliphatic carbocycles. The van der Waals surface area contributed by atoms with Crippen LogP contribution in [0, 0.1) is 0 Å². The smallest absolute Gasteiger partial charge is 0.101 e. The van der Waals surface area contributed by atoms with Gasteiger partial charge in [0.2, 0.25) is 0 Å². The molecule has 0 saturated carbocycles. The largest absolute Gasteiger partial charge is 0.272 e. The fourth-order valence-electron chi connectivity index (χ4n) is 0.851. The lowest BCUT2D eigenvalue weighted by Gasteiger charge is -2.00. The van der Waals surface area contributed by atoms with E-state index >= 15 is 0 Å². The molecule has 1 atom stereocenters. The Morgan fingerprint density at radius 3 is 3.00 bits per heavy atom.